The zero-order chi connectivity index (χ0) is 22.7. The van der Waals surface area contributed by atoms with Gasteiger partial charge < -0.3 is 19.5 Å². The molecule has 14 heteroatoms. The Morgan fingerprint density at radius 1 is 1.25 bits per heavy atom. The average molecular weight is 468 g/mol. The van der Waals surface area contributed by atoms with Crippen LogP contribution in [0.1, 0.15) is 26.7 Å². The van der Waals surface area contributed by atoms with Gasteiger partial charge in [-0.05, 0) is 23.7 Å². The molecule has 168 valence electrons. The molecule has 0 unspecified atom stereocenters. The number of benzene rings is 1. The quantitative estimate of drug-likeness (QED) is 0.602. The maximum atomic E-state index is 12.6. The molecule has 0 radical (unpaired) electrons. The minimum absolute atomic E-state index is 0.143. The van der Waals surface area contributed by atoms with E-state index in [0.29, 0.717) is 13.2 Å². The van der Waals surface area contributed by atoms with Crippen LogP contribution < -0.4 is 5.32 Å². The van der Waals surface area contributed by atoms with Crippen molar-refractivity contribution >= 4 is 23.3 Å². The second kappa shape index (κ2) is 9.00. The number of rotatable bonds is 5. The van der Waals surface area contributed by atoms with Gasteiger partial charge in [-0.25, -0.2) is 0 Å². The van der Waals surface area contributed by atoms with E-state index in [9.17, 15) is 22.8 Å². The van der Waals surface area contributed by atoms with Gasteiger partial charge in [-0.2, -0.15) is 18.2 Å². The summed E-state index contributed by atoms with van der Waals surface area (Å²) in [5.74, 6) is -2.40. The summed E-state index contributed by atoms with van der Waals surface area (Å²) < 4.78 is 51.1. The lowest BCUT2D eigenvalue weighted by Gasteiger charge is -2.35. The highest BCUT2D eigenvalue weighted by atomic mass is 32.1. The molecule has 1 atom stereocenters. The molecule has 2 aromatic heterocycles. The molecule has 32 heavy (non-hydrogen) atoms. The molecule has 3 heterocycles. The van der Waals surface area contributed by atoms with Crippen molar-refractivity contribution in [2.75, 3.05) is 26.3 Å². The molecule has 4 rings (SSSR count). The van der Waals surface area contributed by atoms with Crippen LogP contribution in [0.4, 0.5) is 13.2 Å². The van der Waals surface area contributed by atoms with Crippen molar-refractivity contribution in [3.8, 4) is 11.4 Å². The number of nitrogens with one attached hydrogen (secondary N) is 1. The zero-order valence-electron chi connectivity index (χ0n) is 16.2. The Morgan fingerprint density at radius 3 is 2.69 bits per heavy atom. The van der Waals surface area contributed by atoms with Crippen LogP contribution in [-0.4, -0.2) is 68.8 Å². The summed E-state index contributed by atoms with van der Waals surface area (Å²) in [5.41, 5.74) is 0.765. The summed E-state index contributed by atoms with van der Waals surface area (Å²) in [6, 6.07) is 5.29. The third-order valence-corrected chi connectivity index (χ3v) is 5.14. The number of carbonyl (C=O) groups excluding carboxylic acids is 2. The summed E-state index contributed by atoms with van der Waals surface area (Å²) in [7, 11) is 0. The van der Waals surface area contributed by atoms with Crippen molar-refractivity contribution in [1.82, 2.24) is 29.9 Å². The molecule has 1 N–H and O–H groups in total. The predicted molar refractivity (Wildman–Crippen MR) is 103 cm³/mol. The number of aromatic nitrogens is 4. The first-order valence-electron chi connectivity index (χ1n) is 9.28. The fourth-order valence-corrected chi connectivity index (χ4v) is 3.47. The van der Waals surface area contributed by atoms with E-state index >= 15 is 0 Å². The highest BCUT2D eigenvalue weighted by Crippen LogP contribution is 2.29. The van der Waals surface area contributed by atoms with Crippen molar-refractivity contribution in [2.24, 2.45) is 0 Å². The monoisotopic (exact) mass is 468 g/mol. The first kappa shape index (κ1) is 21.8. The van der Waals surface area contributed by atoms with Crippen molar-refractivity contribution < 1.29 is 32.0 Å². The van der Waals surface area contributed by atoms with Gasteiger partial charge in [0, 0.05) is 29.6 Å². The third kappa shape index (κ3) is 4.75. The van der Waals surface area contributed by atoms with Crippen LogP contribution in [-0.2, 0) is 10.9 Å². The van der Waals surface area contributed by atoms with Gasteiger partial charge in [0.2, 0.25) is 5.82 Å². The van der Waals surface area contributed by atoms with E-state index in [1.165, 1.54) is 24.3 Å². The molecule has 0 aliphatic carbocycles. The molecule has 10 nitrogen and oxygen atoms in total. The Hall–Kier alpha value is -3.39. The molecule has 1 saturated heterocycles. The lowest BCUT2D eigenvalue weighted by molar-refractivity contribution is -0.159. The number of alkyl halides is 3. The van der Waals surface area contributed by atoms with Crippen molar-refractivity contribution in [3.63, 3.8) is 0 Å². The van der Waals surface area contributed by atoms with E-state index < -0.39 is 18.0 Å². The fourth-order valence-electron chi connectivity index (χ4n) is 3.04. The van der Waals surface area contributed by atoms with E-state index in [2.05, 4.69) is 29.6 Å². The molecule has 3 aromatic rings. The normalized spacial score (nSPS) is 16.7. The Bertz CT molecular complexity index is 1090. The smallest absolute Gasteiger partial charge is 0.377 e. The van der Waals surface area contributed by atoms with E-state index in [-0.39, 0.29) is 47.7 Å². The second-order valence-electron chi connectivity index (χ2n) is 6.73. The standard InChI is InChI=1S/C18H15F3N6O4S/c19-18(20,21)17-23-14(25-31-17)10-1-3-11(4-2-10)15(28)22-7-12-8-30-6-5-27(12)16(29)13-9-32-26-24-13/h1-4,9,12H,5-8H2,(H,22,28)/t12-/m1/s1. The fraction of sp³-hybridized carbons (Fsp3) is 0.333. The maximum absolute atomic E-state index is 12.6. The number of nitrogens with zero attached hydrogens (tertiary/aromatic N) is 5. The van der Waals surface area contributed by atoms with Crippen molar-refractivity contribution in [3.05, 3.63) is 46.8 Å². The Morgan fingerprint density at radius 2 is 2.03 bits per heavy atom. The van der Waals surface area contributed by atoms with Gasteiger partial charge in [-0.1, -0.05) is 21.8 Å². The van der Waals surface area contributed by atoms with Crippen LogP contribution in [0.2, 0.25) is 0 Å². The predicted octanol–water partition coefficient (Wildman–Crippen LogP) is 1.88. The van der Waals surface area contributed by atoms with Crippen LogP contribution in [0.25, 0.3) is 11.4 Å². The molecule has 1 aliphatic heterocycles. The Kier molecular flexibility index (Phi) is 6.14. The van der Waals surface area contributed by atoms with E-state index in [4.69, 9.17) is 4.74 Å². The van der Waals surface area contributed by atoms with Gasteiger partial charge in [0.1, 0.15) is 0 Å². The number of carbonyl (C=O) groups is 2. The number of morpholine rings is 1. The maximum Gasteiger partial charge on any atom is 0.471 e. The molecule has 1 aromatic carbocycles. The number of amides is 2. The minimum atomic E-state index is -4.74. The van der Waals surface area contributed by atoms with Gasteiger partial charge in [-0.15, -0.1) is 5.10 Å². The van der Waals surface area contributed by atoms with Crippen LogP contribution in [0.5, 0.6) is 0 Å². The zero-order valence-corrected chi connectivity index (χ0v) is 17.0. The van der Waals surface area contributed by atoms with Crippen molar-refractivity contribution in [2.45, 2.75) is 12.2 Å². The topological polar surface area (TPSA) is 123 Å². The Labute approximate surface area is 182 Å². The summed E-state index contributed by atoms with van der Waals surface area (Å²) in [4.78, 5) is 30.0. The molecule has 0 saturated carbocycles. The average Bonchev–Trinajstić information content (AvgIpc) is 3.50. The highest BCUT2D eigenvalue weighted by molar-refractivity contribution is 7.03. The summed E-state index contributed by atoms with van der Waals surface area (Å²) in [6.45, 7) is 1.13. The van der Waals surface area contributed by atoms with Gasteiger partial charge in [0.15, 0.2) is 5.69 Å². The molecular weight excluding hydrogens is 453 g/mol. The lowest BCUT2D eigenvalue weighted by atomic mass is 10.1. The largest absolute Gasteiger partial charge is 0.471 e. The van der Waals surface area contributed by atoms with Crippen LogP contribution >= 0.6 is 11.5 Å². The molecule has 2 amide bonds. The summed E-state index contributed by atoms with van der Waals surface area (Å²) in [5, 5.41) is 11.4. The second-order valence-corrected chi connectivity index (χ2v) is 7.34. The summed E-state index contributed by atoms with van der Waals surface area (Å²) >= 11 is 1.07. The highest BCUT2D eigenvalue weighted by Gasteiger charge is 2.38. The van der Waals surface area contributed by atoms with Gasteiger partial charge in [-0.3, -0.25) is 9.59 Å². The van der Waals surface area contributed by atoms with Crippen LogP contribution in [0.3, 0.4) is 0 Å². The van der Waals surface area contributed by atoms with Crippen LogP contribution in [0.15, 0.2) is 34.2 Å². The van der Waals surface area contributed by atoms with Gasteiger partial charge in [0.05, 0.1) is 19.3 Å². The van der Waals surface area contributed by atoms with E-state index in [1.54, 1.807) is 10.3 Å². The van der Waals surface area contributed by atoms with Crippen LogP contribution in [0, 0.1) is 0 Å². The molecule has 0 bridgehead atoms. The minimum Gasteiger partial charge on any atom is -0.377 e. The van der Waals surface area contributed by atoms with Gasteiger partial charge >= 0.3 is 12.1 Å². The van der Waals surface area contributed by atoms with Gasteiger partial charge in [0.25, 0.3) is 11.8 Å². The lowest BCUT2D eigenvalue weighted by Crippen LogP contribution is -2.53. The van der Waals surface area contributed by atoms with Crippen molar-refractivity contribution in [1.29, 1.82) is 0 Å². The first-order chi connectivity index (χ1) is 15.3. The van der Waals surface area contributed by atoms with E-state index in [0.717, 1.165) is 11.5 Å². The number of hydrogen-bond donors (Lipinski definition) is 1. The Balaban J connectivity index is 1.38. The molecule has 1 fully saturated rings. The first-order valence-corrected chi connectivity index (χ1v) is 10.1. The SMILES string of the molecule is O=C(NC[C@@H]1COCCN1C(=O)c1csnn1)c1ccc(-c2noc(C(F)(F)F)n2)cc1. The molecular formula is C18H15F3N6O4S. The van der Waals surface area contributed by atoms with E-state index in [1.807, 2.05) is 0 Å². The molecule has 1 aliphatic rings. The third-order valence-electron chi connectivity index (χ3n) is 4.64. The number of hydrogen-bond acceptors (Lipinski definition) is 9. The molecule has 0 spiro atoms. The summed E-state index contributed by atoms with van der Waals surface area (Å²) in [6.07, 6.45) is -4.74. The number of halogens is 3. The number of ether oxygens (including phenoxy) is 1.